The van der Waals surface area contributed by atoms with Crippen LogP contribution in [-0.4, -0.2) is 44.9 Å². The van der Waals surface area contributed by atoms with Crippen molar-refractivity contribution >= 4 is 34.0 Å². The van der Waals surface area contributed by atoms with E-state index >= 15 is 0 Å². The molecular weight excluding hydrogens is 446 g/mol. The maximum absolute atomic E-state index is 12.9. The number of H-pyrrole nitrogens is 1. The number of fused-ring (bicyclic) bond motifs is 1. The number of nitrogens with zero attached hydrogens (tertiary/aromatic N) is 8. The van der Waals surface area contributed by atoms with E-state index in [1.54, 1.807) is 20.2 Å². The van der Waals surface area contributed by atoms with Crippen molar-refractivity contribution in [3.63, 3.8) is 0 Å². The van der Waals surface area contributed by atoms with Crippen LogP contribution in [0.4, 0.5) is 23.0 Å². The third-order valence-electron chi connectivity index (χ3n) is 5.58. The number of aryl methyl sites for hydroxylation is 4. The Labute approximate surface area is 200 Å². The Kier molecular flexibility index (Phi) is 5.47. The fourth-order valence-electron chi connectivity index (χ4n) is 4.13. The third-order valence-corrected chi connectivity index (χ3v) is 5.58. The van der Waals surface area contributed by atoms with Gasteiger partial charge in [0.05, 0.1) is 12.7 Å². The van der Waals surface area contributed by atoms with Gasteiger partial charge in [0.1, 0.15) is 22.8 Å². The first kappa shape index (κ1) is 22.2. The number of aromatic amines is 1. The summed E-state index contributed by atoms with van der Waals surface area (Å²) in [7, 11) is 3.39. The Morgan fingerprint density at radius 1 is 1.00 bits per heavy atom. The van der Waals surface area contributed by atoms with Gasteiger partial charge in [0.25, 0.3) is 5.56 Å². The van der Waals surface area contributed by atoms with Gasteiger partial charge in [-0.3, -0.25) is 14.6 Å². The van der Waals surface area contributed by atoms with Crippen LogP contribution in [0.25, 0.3) is 22.4 Å². The Hall–Kier alpha value is -4.61. The van der Waals surface area contributed by atoms with Gasteiger partial charge < -0.3 is 10.6 Å². The molecule has 0 saturated heterocycles. The summed E-state index contributed by atoms with van der Waals surface area (Å²) < 4.78 is 1.41. The van der Waals surface area contributed by atoms with Crippen molar-refractivity contribution in [3.05, 3.63) is 57.8 Å². The molecular formula is C23H25N11O. The predicted octanol–water partition coefficient (Wildman–Crippen LogP) is 2.91. The van der Waals surface area contributed by atoms with Gasteiger partial charge in [0, 0.05) is 36.1 Å². The van der Waals surface area contributed by atoms with Crippen LogP contribution in [0.15, 0.2) is 35.1 Å². The number of benzene rings is 1. The van der Waals surface area contributed by atoms with Gasteiger partial charge in [-0.1, -0.05) is 19.1 Å². The summed E-state index contributed by atoms with van der Waals surface area (Å²) in [4.78, 5) is 27.7. The molecule has 0 aliphatic heterocycles. The van der Waals surface area contributed by atoms with Crippen molar-refractivity contribution in [2.24, 2.45) is 14.1 Å². The van der Waals surface area contributed by atoms with E-state index in [0.717, 1.165) is 28.9 Å². The number of pyridine rings is 1. The first-order valence-electron chi connectivity index (χ1n) is 11.1. The first-order chi connectivity index (χ1) is 16.8. The molecule has 5 aromatic rings. The van der Waals surface area contributed by atoms with Gasteiger partial charge in [-0.05, 0) is 37.1 Å². The third kappa shape index (κ3) is 4.21. The smallest absolute Gasteiger partial charge is 0.277 e. The molecule has 12 heteroatoms. The molecule has 12 nitrogen and oxygen atoms in total. The van der Waals surface area contributed by atoms with E-state index in [-0.39, 0.29) is 5.56 Å². The molecule has 5 rings (SSSR count). The van der Waals surface area contributed by atoms with Crippen LogP contribution in [0, 0.1) is 13.8 Å². The minimum Gasteiger partial charge on any atom is -0.354 e. The molecule has 3 N–H and O–H groups in total. The average molecular weight is 472 g/mol. The molecule has 0 bridgehead atoms. The number of nitrogens with one attached hydrogen (secondary N) is 3. The summed E-state index contributed by atoms with van der Waals surface area (Å²) in [6, 6.07) is 9.49. The van der Waals surface area contributed by atoms with E-state index in [1.165, 1.54) is 9.48 Å². The van der Waals surface area contributed by atoms with Gasteiger partial charge in [-0.25, -0.2) is 15.0 Å². The van der Waals surface area contributed by atoms with E-state index in [4.69, 9.17) is 0 Å². The van der Waals surface area contributed by atoms with E-state index in [1.807, 2.05) is 38.1 Å². The topological polar surface area (TPSA) is 144 Å². The van der Waals surface area contributed by atoms with Gasteiger partial charge in [-0.15, -0.1) is 10.2 Å². The molecule has 0 atom stereocenters. The second-order valence-corrected chi connectivity index (χ2v) is 8.23. The van der Waals surface area contributed by atoms with Crippen molar-refractivity contribution < 1.29 is 0 Å². The Morgan fingerprint density at radius 3 is 2.51 bits per heavy atom. The zero-order valence-corrected chi connectivity index (χ0v) is 20.1. The lowest BCUT2D eigenvalue weighted by atomic mass is 10.0. The molecule has 1 aromatic carbocycles. The van der Waals surface area contributed by atoms with Gasteiger partial charge in [0.15, 0.2) is 5.65 Å². The summed E-state index contributed by atoms with van der Waals surface area (Å²) in [5.41, 5.74) is 4.46. The number of rotatable bonds is 6. The van der Waals surface area contributed by atoms with Crippen molar-refractivity contribution in [2.75, 3.05) is 10.6 Å². The highest BCUT2D eigenvalue weighted by atomic mass is 16.1. The molecule has 35 heavy (non-hydrogen) atoms. The van der Waals surface area contributed by atoms with Crippen LogP contribution in [0.3, 0.4) is 0 Å². The molecule has 4 aromatic heterocycles. The highest BCUT2D eigenvalue weighted by molar-refractivity contribution is 5.93. The highest BCUT2D eigenvalue weighted by Crippen LogP contribution is 2.32. The average Bonchev–Trinajstić information content (AvgIpc) is 3.35. The molecule has 0 radical (unpaired) electrons. The number of anilines is 4. The fraction of sp³-hybridized carbons (Fsp3) is 0.261. The van der Waals surface area contributed by atoms with Crippen molar-refractivity contribution in [2.45, 2.75) is 27.2 Å². The minimum absolute atomic E-state index is 0.180. The summed E-state index contributed by atoms with van der Waals surface area (Å²) in [6.45, 7) is 5.80. The molecule has 0 aliphatic carbocycles. The predicted molar refractivity (Wildman–Crippen MR) is 133 cm³/mol. The lowest BCUT2D eigenvalue weighted by molar-refractivity contribution is 0.630. The summed E-state index contributed by atoms with van der Waals surface area (Å²) in [5, 5.41) is 22.7. The largest absolute Gasteiger partial charge is 0.354 e. The van der Waals surface area contributed by atoms with Gasteiger partial charge >= 0.3 is 0 Å². The van der Waals surface area contributed by atoms with E-state index in [0.29, 0.717) is 40.0 Å². The van der Waals surface area contributed by atoms with Gasteiger partial charge in [0.2, 0.25) is 5.82 Å². The molecule has 0 spiro atoms. The molecule has 178 valence electrons. The Morgan fingerprint density at radius 2 is 1.80 bits per heavy atom. The lowest BCUT2D eigenvalue weighted by Gasteiger charge is -2.15. The molecule has 0 saturated carbocycles. The van der Waals surface area contributed by atoms with E-state index in [9.17, 15) is 4.79 Å². The highest BCUT2D eigenvalue weighted by Gasteiger charge is 2.17. The molecule has 4 heterocycles. The van der Waals surface area contributed by atoms with Crippen molar-refractivity contribution in [3.8, 4) is 11.4 Å². The molecule has 0 amide bonds. The van der Waals surface area contributed by atoms with E-state index < -0.39 is 0 Å². The quantitative estimate of drug-likeness (QED) is 0.340. The van der Waals surface area contributed by atoms with Crippen molar-refractivity contribution in [1.29, 1.82) is 0 Å². The normalized spacial score (nSPS) is 11.2. The van der Waals surface area contributed by atoms with Gasteiger partial charge in [-0.2, -0.15) is 4.80 Å². The number of hydrogen-bond donors (Lipinski definition) is 3. The van der Waals surface area contributed by atoms with Crippen LogP contribution in [0.2, 0.25) is 0 Å². The number of hydrogen-bond acceptors (Lipinski definition) is 9. The monoisotopic (exact) mass is 471 g/mol. The van der Waals surface area contributed by atoms with Crippen LogP contribution in [0.1, 0.15) is 24.0 Å². The first-order valence-corrected chi connectivity index (χ1v) is 11.1. The molecule has 0 fully saturated rings. The summed E-state index contributed by atoms with van der Waals surface area (Å²) in [6.07, 6.45) is 0.723. The maximum Gasteiger partial charge on any atom is 0.277 e. The second kappa shape index (κ2) is 8.63. The van der Waals surface area contributed by atoms with Crippen molar-refractivity contribution in [1.82, 2.24) is 44.9 Å². The standard InChI is InChI=1S/C23H25N11O/c1-6-14-15(21-29-32-34(5)31-21)8-7-9-16(14)26-17-11-19(27-18-10-12(2)24-13(3)25-18)28-22-20(17)23(35)33(4)30-22/h7-11H,6H2,1-5H3,(H3,24,25,26,27,28,30). The van der Waals surface area contributed by atoms with E-state index in [2.05, 4.69) is 53.0 Å². The van der Waals surface area contributed by atoms with Crippen LogP contribution < -0.4 is 16.2 Å². The maximum atomic E-state index is 12.9. The molecule has 0 unspecified atom stereocenters. The summed E-state index contributed by atoms with van der Waals surface area (Å²) in [5.74, 6) is 2.35. The number of tetrazole rings is 1. The molecule has 0 aliphatic rings. The summed E-state index contributed by atoms with van der Waals surface area (Å²) >= 11 is 0. The van der Waals surface area contributed by atoms with Crippen LogP contribution in [-0.2, 0) is 20.5 Å². The minimum atomic E-state index is -0.180. The number of aromatic nitrogens is 9. The Bertz CT molecular complexity index is 1590. The zero-order chi connectivity index (χ0) is 24.7. The lowest BCUT2D eigenvalue weighted by Crippen LogP contribution is -2.12. The fourth-order valence-corrected chi connectivity index (χ4v) is 4.13. The second-order valence-electron chi connectivity index (χ2n) is 8.23. The van der Waals surface area contributed by atoms with Crippen LogP contribution in [0.5, 0.6) is 0 Å². The SMILES string of the molecule is CCc1c(Nc2cc(Nc3cc(C)nc(C)n3)nc3[nH]n(C)c(=O)c23)cccc1-c1nnn(C)n1. The van der Waals surface area contributed by atoms with Crippen LogP contribution >= 0.6 is 0 Å². The Balaban J connectivity index is 1.61. The zero-order valence-electron chi connectivity index (χ0n) is 20.1.